The van der Waals surface area contributed by atoms with E-state index in [1.165, 1.54) is 0 Å². The van der Waals surface area contributed by atoms with Gasteiger partial charge in [-0.3, -0.25) is 0 Å². The van der Waals surface area contributed by atoms with E-state index in [1.807, 2.05) is 67.6 Å². The third-order valence-electron chi connectivity index (χ3n) is 7.48. The van der Waals surface area contributed by atoms with Crippen molar-refractivity contribution in [2.75, 3.05) is 9.80 Å². The van der Waals surface area contributed by atoms with Crippen molar-refractivity contribution in [1.82, 2.24) is 0 Å². The van der Waals surface area contributed by atoms with Gasteiger partial charge in [-0.1, -0.05) is 97.1 Å². The molecule has 0 saturated heterocycles. The standard InChI is InChI=1S/C40H31N3/c1-31(32-23-27-38(28-24-32)42(34-15-7-3-8-16-34)35-17-9-4-10-18-35)40(41-2)33-25-29-39(30-26-33)43(36-19-11-5-12-20-36)37-21-13-6-14-22-37/h3-30H,1H3/b40-31-. The first-order valence-corrected chi connectivity index (χ1v) is 14.3. The van der Waals surface area contributed by atoms with Crippen LogP contribution in [0.5, 0.6) is 0 Å². The molecule has 0 bridgehead atoms. The molecule has 0 fully saturated rings. The second-order valence-electron chi connectivity index (χ2n) is 10.2. The molecule has 6 aromatic rings. The summed E-state index contributed by atoms with van der Waals surface area (Å²) in [5.41, 5.74) is 9.96. The Hall–Kier alpha value is -5.85. The molecule has 0 saturated carbocycles. The Morgan fingerprint density at radius 1 is 0.395 bits per heavy atom. The molecular formula is C40H31N3. The van der Waals surface area contributed by atoms with E-state index in [4.69, 9.17) is 6.57 Å². The van der Waals surface area contributed by atoms with Crippen molar-refractivity contribution in [3.63, 3.8) is 0 Å². The summed E-state index contributed by atoms with van der Waals surface area (Å²) in [7, 11) is 0. The van der Waals surface area contributed by atoms with Gasteiger partial charge in [0.2, 0.25) is 0 Å². The van der Waals surface area contributed by atoms with Crippen LogP contribution < -0.4 is 9.80 Å². The summed E-state index contributed by atoms with van der Waals surface area (Å²) >= 11 is 0. The zero-order valence-corrected chi connectivity index (χ0v) is 24.0. The summed E-state index contributed by atoms with van der Waals surface area (Å²) in [6.45, 7) is 10.1. The zero-order valence-electron chi connectivity index (χ0n) is 24.0. The number of hydrogen-bond donors (Lipinski definition) is 0. The first kappa shape index (κ1) is 27.3. The van der Waals surface area contributed by atoms with E-state index in [9.17, 15) is 0 Å². The third kappa shape index (κ3) is 5.95. The molecule has 3 heteroatoms. The Balaban J connectivity index is 1.32. The molecule has 43 heavy (non-hydrogen) atoms. The molecule has 0 aliphatic heterocycles. The lowest BCUT2D eigenvalue weighted by Gasteiger charge is -2.26. The average molecular weight is 554 g/mol. The molecule has 0 unspecified atom stereocenters. The average Bonchev–Trinajstić information content (AvgIpc) is 3.08. The van der Waals surface area contributed by atoms with Gasteiger partial charge in [-0.15, -0.1) is 0 Å². The summed E-state index contributed by atoms with van der Waals surface area (Å²) < 4.78 is 0. The SMILES string of the molecule is [C-]#[N+]/C(=C(/C)c1ccc(N(c2ccccc2)c2ccccc2)cc1)c1ccc(N(c2ccccc2)c2ccccc2)cc1. The second kappa shape index (κ2) is 12.8. The highest BCUT2D eigenvalue weighted by atomic mass is 15.1. The number of rotatable bonds is 8. The highest BCUT2D eigenvalue weighted by Gasteiger charge is 2.15. The lowest BCUT2D eigenvalue weighted by Crippen LogP contribution is -2.09. The number of nitrogens with zero attached hydrogens (tertiary/aromatic N) is 3. The van der Waals surface area contributed by atoms with E-state index in [-0.39, 0.29) is 0 Å². The molecule has 0 spiro atoms. The predicted molar refractivity (Wildman–Crippen MR) is 181 cm³/mol. The number of hydrogen-bond acceptors (Lipinski definition) is 2. The highest BCUT2D eigenvalue weighted by molar-refractivity contribution is 5.94. The van der Waals surface area contributed by atoms with Gasteiger partial charge >= 0.3 is 0 Å². The Labute approximate surface area is 254 Å². The Kier molecular flexibility index (Phi) is 8.11. The summed E-state index contributed by atoms with van der Waals surface area (Å²) in [6.07, 6.45) is 0. The van der Waals surface area contributed by atoms with Crippen molar-refractivity contribution < 1.29 is 0 Å². The fraction of sp³-hybridized carbons (Fsp3) is 0.0250. The fourth-order valence-electron chi connectivity index (χ4n) is 5.33. The molecule has 0 heterocycles. The van der Waals surface area contributed by atoms with Crippen LogP contribution in [0.25, 0.3) is 16.1 Å². The lowest BCUT2D eigenvalue weighted by molar-refractivity contribution is 1.28. The molecule has 0 amide bonds. The van der Waals surface area contributed by atoms with Gasteiger partial charge in [-0.05, 0) is 96.4 Å². The molecule has 0 atom stereocenters. The first-order valence-electron chi connectivity index (χ1n) is 14.3. The van der Waals surface area contributed by atoms with Crippen LogP contribution in [0.15, 0.2) is 170 Å². The smallest absolute Gasteiger partial charge is 0.197 e. The van der Waals surface area contributed by atoms with Crippen LogP contribution in [0, 0.1) is 6.57 Å². The molecule has 0 aromatic heterocycles. The van der Waals surface area contributed by atoms with E-state index in [0.717, 1.165) is 50.8 Å². The summed E-state index contributed by atoms with van der Waals surface area (Å²) in [6, 6.07) is 58.2. The fourth-order valence-corrected chi connectivity index (χ4v) is 5.33. The lowest BCUT2D eigenvalue weighted by atomic mass is 10.00. The largest absolute Gasteiger partial charge is 0.311 e. The Morgan fingerprint density at radius 2 is 0.674 bits per heavy atom. The minimum absolute atomic E-state index is 0.647. The number of benzene rings is 6. The molecule has 206 valence electrons. The van der Waals surface area contributed by atoms with Crippen LogP contribution in [-0.4, -0.2) is 0 Å². The van der Waals surface area contributed by atoms with E-state index >= 15 is 0 Å². The minimum Gasteiger partial charge on any atom is -0.311 e. The van der Waals surface area contributed by atoms with Crippen LogP contribution in [-0.2, 0) is 0 Å². The van der Waals surface area contributed by atoms with Crippen molar-refractivity contribution in [2.45, 2.75) is 6.92 Å². The highest BCUT2D eigenvalue weighted by Crippen LogP contribution is 2.37. The molecule has 0 N–H and O–H groups in total. The van der Waals surface area contributed by atoms with Gasteiger partial charge in [0.15, 0.2) is 5.70 Å². The van der Waals surface area contributed by atoms with Gasteiger partial charge in [0.25, 0.3) is 0 Å². The maximum absolute atomic E-state index is 8.07. The Morgan fingerprint density at radius 3 is 0.977 bits per heavy atom. The van der Waals surface area contributed by atoms with Crippen molar-refractivity contribution in [2.24, 2.45) is 0 Å². The maximum Gasteiger partial charge on any atom is 0.197 e. The van der Waals surface area contributed by atoms with Gasteiger partial charge in [-0.25, -0.2) is 4.85 Å². The summed E-state index contributed by atoms with van der Waals surface area (Å²) in [5.74, 6) is 0. The van der Waals surface area contributed by atoms with E-state index < -0.39 is 0 Å². The monoisotopic (exact) mass is 553 g/mol. The topological polar surface area (TPSA) is 10.8 Å². The van der Waals surface area contributed by atoms with Crippen LogP contribution in [0.3, 0.4) is 0 Å². The third-order valence-corrected chi connectivity index (χ3v) is 7.48. The molecule has 6 rings (SSSR count). The quantitative estimate of drug-likeness (QED) is 0.137. The second-order valence-corrected chi connectivity index (χ2v) is 10.2. The van der Waals surface area contributed by atoms with Gasteiger partial charge in [0, 0.05) is 34.1 Å². The minimum atomic E-state index is 0.647. The first-order chi connectivity index (χ1) is 21.2. The van der Waals surface area contributed by atoms with Gasteiger partial charge < -0.3 is 9.80 Å². The molecule has 0 radical (unpaired) electrons. The molecule has 6 aromatic carbocycles. The van der Waals surface area contributed by atoms with Crippen LogP contribution in [0.4, 0.5) is 34.1 Å². The van der Waals surface area contributed by atoms with E-state index in [1.54, 1.807) is 0 Å². The van der Waals surface area contributed by atoms with Crippen LogP contribution in [0.2, 0.25) is 0 Å². The van der Waals surface area contributed by atoms with E-state index in [2.05, 4.69) is 124 Å². The molecule has 0 aliphatic carbocycles. The normalized spacial score (nSPS) is 11.3. The van der Waals surface area contributed by atoms with Crippen LogP contribution in [0.1, 0.15) is 18.1 Å². The van der Waals surface area contributed by atoms with Crippen molar-refractivity contribution >= 4 is 45.4 Å². The predicted octanol–water partition coefficient (Wildman–Crippen LogP) is 11.4. The molecular weight excluding hydrogens is 522 g/mol. The number of allylic oxidation sites excluding steroid dienone is 1. The molecule has 3 nitrogen and oxygen atoms in total. The number of para-hydroxylation sites is 4. The van der Waals surface area contributed by atoms with E-state index in [0.29, 0.717) is 5.70 Å². The summed E-state index contributed by atoms with van der Waals surface area (Å²) in [4.78, 5) is 8.45. The van der Waals surface area contributed by atoms with Gasteiger partial charge in [0.1, 0.15) is 0 Å². The van der Waals surface area contributed by atoms with Crippen LogP contribution >= 0.6 is 0 Å². The number of anilines is 6. The van der Waals surface area contributed by atoms with Gasteiger partial charge in [-0.2, -0.15) is 0 Å². The Bertz CT molecular complexity index is 1760. The summed E-state index contributed by atoms with van der Waals surface area (Å²) in [5, 5.41) is 0. The van der Waals surface area contributed by atoms with Crippen molar-refractivity contribution in [3.05, 3.63) is 192 Å². The van der Waals surface area contributed by atoms with Gasteiger partial charge in [0.05, 0.1) is 6.57 Å². The zero-order chi connectivity index (χ0) is 29.4. The van der Waals surface area contributed by atoms with Crippen molar-refractivity contribution in [1.29, 1.82) is 0 Å². The maximum atomic E-state index is 8.07. The van der Waals surface area contributed by atoms with Crippen molar-refractivity contribution in [3.8, 4) is 0 Å². The molecule has 0 aliphatic rings.